The van der Waals surface area contributed by atoms with Gasteiger partial charge in [0.15, 0.2) is 5.78 Å². The topological polar surface area (TPSA) is 38.7 Å². The minimum Gasteiger partial charge on any atom is -0.478 e. The van der Waals surface area contributed by atoms with Crippen molar-refractivity contribution in [3.8, 4) is 0 Å². The largest absolute Gasteiger partial charge is 0.478 e. The van der Waals surface area contributed by atoms with Crippen LogP contribution in [0.15, 0.2) is 41.6 Å². The molecule has 206 valence electrons. The molecule has 3 nitrogen and oxygen atoms in total. The number of methoxy groups -OCH3 is 1. The Balaban J connectivity index is 1.84. The highest BCUT2D eigenvalue weighted by Crippen LogP contribution is 2.33. The standard InChI is InChI=1S/C30H41F4NO2/c1-5-27(35-29(37-4)30(32,33)34)25-15-17-26(18-16-25)28(36)19-12-21(2)20-24-10-6-8-23(9-7-11-24)14-13-22(3)31/h15-18,21-24H,1,6-14,19-20H2,2-4H3/t21-,22?,23?,24?/m0/s1. The Morgan fingerprint density at radius 2 is 1.62 bits per heavy atom. The number of halogens is 4. The van der Waals surface area contributed by atoms with Crippen LogP contribution in [-0.4, -0.2) is 31.1 Å². The maximum Gasteiger partial charge on any atom is 0.468 e. The summed E-state index contributed by atoms with van der Waals surface area (Å²) >= 11 is 0. The number of benzene rings is 1. The number of nitrogens with zero attached hydrogens (tertiary/aromatic N) is 1. The number of hydrogen-bond acceptors (Lipinski definition) is 3. The Kier molecular flexibility index (Phi) is 12.6. The minimum absolute atomic E-state index is 0.0153. The summed E-state index contributed by atoms with van der Waals surface area (Å²) in [5.74, 6) is 0.418. The molecule has 0 spiro atoms. The van der Waals surface area contributed by atoms with E-state index in [1.165, 1.54) is 38.5 Å². The van der Waals surface area contributed by atoms with E-state index in [0.29, 0.717) is 41.7 Å². The van der Waals surface area contributed by atoms with E-state index in [1.54, 1.807) is 31.2 Å². The molecule has 0 N–H and O–H groups in total. The molecule has 0 heterocycles. The molecule has 1 fully saturated rings. The summed E-state index contributed by atoms with van der Waals surface area (Å²) in [7, 11) is 0.903. The molecule has 0 saturated heterocycles. The fourth-order valence-electron chi connectivity index (χ4n) is 5.22. The van der Waals surface area contributed by atoms with E-state index in [1.807, 2.05) is 0 Å². The zero-order valence-corrected chi connectivity index (χ0v) is 22.4. The van der Waals surface area contributed by atoms with Crippen molar-refractivity contribution in [2.75, 3.05) is 7.11 Å². The average molecular weight is 524 g/mol. The highest BCUT2D eigenvalue weighted by atomic mass is 19.4. The summed E-state index contributed by atoms with van der Waals surface area (Å²) in [5.41, 5.74) is 3.18. The van der Waals surface area contributed by atoms with E-state index in [9.17, 15) is 22.4 Å². The van der Waals surface area contributed by atoms with Gasteiger partial charge in [-0.25, -0.2) is 9.38 Å². The van der Waals surface area contributed by atoms with Crippen molar-refractivity contribution in [3.63, 3.8) is 0 Å². The number of rotatable bonds is 11. The van der Waals surface area contributed by atoms with E-state index in [0.717, 1.165) is 26.4 Å². The first kappa shape index (κ1) is 30.8. The number of Topliss-reactive ketones (excluding diaryl/α,β-unsaturated/α-hetero) is 1. The molecule has 1 saturated carbocycles. The fourth-order valence-corrected chi connectivity index (χ4v) is 5.22. The van der Waals surface area contributed by atoms with Gasteiger partial charge in [0.05, 0.1) is 13.3 Å². The van der Waals surface area contributed by atoms with E-state index in [4.69, 9.17) is 0 Å². The van der Waals surface area contributed by atoms with Gasteiger partial charge in [-0.05, 0) is 50.4 Å². The van der Waals surface area contributed by atoms with Crippen molar-refractivity contribution < 1.29 is 27.1 Å². The first-order valence-electron chi connectivity index (χ1n) is 13.4. The molecule has 7 heteroatoms. The Hall–Kier alpha value is -2.40. The molecule has 0 radical (unpaired) electrons. The number of ketones is 1. The van der Waals surface area contributed by atoms with Gasteiger partial charge in [0.1, 0.15) is 5.70 Å². The van der Waals surface area contributed by atoms with Crippen molar-refractivity contribution >= 4 is 17.4 Å². The second-order valence-corrected chi connectivity index (χ2v) is 10.5. The lowest BCUT2D eigenvalue weighted by Gasteiger charge is -2.26. The normalized spacial score (nSPS) is 20.8. The third-order valence-corrected chi connectivity index (χ3v) is 7.32. The quantitative estimate of drug-likeness (QED) is 0.0954. The molecule has 1 aromatic carbocycles. The van der Waals surface area contributed by atoms with Crippen molar-refractivity contribution in [2.45, 2.75) is 96.8 Å². The van der Waals surface area contributed by atoms with Crippen molar-refractivity contribution in [3.05, 3.63) is 47.7 Å². The molecule has 1 aliphatic carbocycles. The molecule has 0 aliphatic heterocycles. The fraction of sp³-hybridized carbons (Fsp3) is 0.633. The molecule has 1 aliphatic rings. The predicted octanol–water partition coefficient (Wildman–Crippen LogP) is 9.13. The highest BCUT2D eigenvalue weighted by molar-refractivity contribution is 5.96. The molecule has 1 aromatic rings. The van der Waals surface area contributed by atoms with Crippen LogP contribution < -0.4 is 0 Å². The summed E-state index contributed by atoms with van der Waals surface area (Å²) in [5, 5.41) is 0. The van der Waals surface area contributed by atoms with Gasteiger partial charge in [-0.3, -0.25) is 4.79 Å². The number of carbonyl (C=O) groups is 1. The second kappa shape index (κ2) is 15.1. The van der Waals surface area contributed by atoms with Crippen LogP contribution in [0.1, 0.15) is 100 Å². The van der Waals surface area contributed by atoms with Crippen molar-refractivity contribution in [1.29, 1.82) is 0 Å². The summed E-state index contributed by atoms with van der Waals surface area (Å²) in [6.45, 7) is 7.26. The van der Waals surface area contributed by atoms with Gasteiger partial charge >= 0.3 is 6.18 Å². The van der Waals surface area contributed by atoms with E-state index in [-0.39, 0.29) is 11.5 Å². The molecule has 2 atom stereocenters. The predicted molar refractivity (Wildman–Crippen MR) is 141 cm³/mol. The minimum atomic E-state index is -4.73. The second-order valence-electron chi connectivity index (χ2n) is 10.5. The SMILES string of the molecule is C=C=C(N=C(OC)C(F)(F)F)c1ccc(C(=O)CC[C@H](C)CC2CCCC(CCC(C)F)CCC2)cc1. The number of hydrogen-bond donors (Lipinski definition) is 0. The molecular formula is C30H41F4NO2. The van der Waals surface area contributed by atoms with Crippen LogP contribution in [0.2, 0.25) is 0 Å². The zero-order valence-electron chi connectivity index (χ0n) is 22.4. The third kappa shape index (κ3) is 10.9. The molecular weight excluding hydrogens is 482 g/mol. The van der Waals surface area contributed by atoms with Crippen LogP contribution in [0.4, 0.5) is 17.6 Å². The lowest BCUT2D eigenvalue weighted by Crippen LogP contribution is -2.24. The summed E-state index contributed by atoms with van der Waals surface area (Å²) in [4.78, 5) is 16.2. The lowest BCUT2D eigenvalue weighted by molar-refractivity contribution is -0.0754. The maximum absolute atomic E-state index is 13.2. The van der Waals surface area contributed by atoms with Crippen LogP contribution in [0.3, 0.4) is 0 Å². The van der Waals surface area contributed by atoms with Gasteiger partial charge in [0.25, 0.3) is 5.90 Å². The summed E-state index contributed by atoms with van der Waals surface area (Å²) in [6, 6.07) is 6.30. The molecule has 2 rings (SSSR count). The van der Waals surface area contributed by atoms with Gasteiger partial charge in [-0.2, -0.15) is 13.2 Å². The Labute approximate surface area is 219 Å². The average Bonchev–Trinajstić information content (AvgIpc) is 2.83. The maximum atomic E-state index is 13.2. The smallest absolute Gasteiger partial charge is 0.468 e. The van der Waals surface area contributed by atoms with Gasteiger partial charge in [-0.15, -0.1) is 5.73 Å². The molecule has 0 bridgehead atoms. The number of aliphatic imine (C=N–C) groups is 1. The highest BCUT2D eigenvalue weighted by Gasteiger charge is 2.38. The molecule has 0 aromatic heterocycles. The van der Waals surface area contributed by atoms with E-state index < -0.39 is 18.2 Å². The van der Waals surface area contributed by atoms with Crippen LogP contribution in [-0.2, 0) is 4.74 Å². The first-order valence-corrected chi connectivity index (χ1v) is 13.4. The Morgan fingerprint density at radius 1 is 1.05 bits per heavy atom. The molecule has 0 amide bonds. The van der Waals surface area contributed by atoms with Gasteiger partial charge < -0.3 is 4.74 Å². The number of carbonyl (C=O) groups excluding carboxylic acids is 1. The lowest BCUT2D eigenvalue weighted by atomic mass is 9.80. The van der Waals surface area contributed by atoms with Crippen LogP contribution in [0.5, 0.6) is 0 Å². The Morgan fingerprint density at radius 3 is 2.14 bits per heavy atom. The van der Waals surface area contributed by atoms with Crippen molar-refractivity contribution in [2.24, 2.45) is 22.7 Å². The summed E-state index contributed by atoms with van der Waals surface area (Å²) < 4.78 is 56.3. The van der Waals surface area contributed by atoms with Crippen LogP contribution >= 0.6 is 0 Å². The number of ether oxygens (including phenoxy) is 1. The van der Waals surface area contributed by atoms with Gasteiger partial charge in [-0.1, -0.05) is 76.3 Å². The summed E-state index contributed by atoms with van der Waals surface area (Å²) in [6.07, 6.45) is 5.82. The van der Waals surface area contributed by atoms with E-state index in [2.05, 4.69) is 29.0 Å². The van der Waals surface area contributed by atoms with Crippen LogP contribution in [0.25, 0.3) is 5.70 Å². The first-order chi connectivity index (χ1) is 17.5. The third-order valence-electron chi connectivity index (χ3n) is 7.32. The molecule has 1 unspecified atom stereocenters. The van der Waals surface area contributed by atoms with Crippen LogP contribution in [0, 0.1) is 17.8 Å². The van der Waals surface area contributed by atoms with Gasteiger partial charge in [0, 0.05) is 17.5 Å². The number of alkyl halides is 4. The zero-order chi connectivity index (χ0) is 27.4. The van der Waals surface area contributed by atoms with E-state index >= 15 is 0 Å². The monoisotopic (exact) mass is 523 g/mol. The van der Waals surface area contributed by atoms with Crippen molar-refractivity contribution in [1.82, 2.24) is 0 Å². The molecule has 37 heavy (non-hydrogen) atoms. The van der Waals surface area contributed by atoms with Gasteiger partial charge in [0.2, 0.25) is 0 Å². The Bertz CT molecular complexity index is 920.